The van der Waals surface area contributed by atoms with Gasteiger partial charge in [-0.15, -0.1) is 0 Å². The maximum atomic E-state index is 12.7. The van der Waals surface area contributed by atoms with Gasteiger partial charge in [0.1, 0.15) is 43.2 Å². The zero-order chi connectivity index (χ0) is 36.5. The molecule has 276 valence electrons. The number of ether oxygens (including phenoxy) is 2. The monoisotopic (exact) mass is 712 g/mol. The highest BCUT2D eigenvalue weighted by Gasteiger charge is 2.51. The van der Waals surface area contributed by atoms with Crippen molar-refractivity contribution in [3.8, 4) is 0 Å². The topological polar surface area (TPSA) is 210 Å². The summed E-state index contributed by atoms with van der Waals surface area (Å²) in [5.41, 5.74) is 0. The molecule has 0 amide bonds. The van der Waals surface area contributed by atoms with Crippen LogP contribution < -0.4 is 0 Å². The van der Waals surface area contributed by atoms with Crippen LogP contribution in [0.25, 0.3) is 0 Å². The number of esters is 2. The number of aliphatic hydroxyl groups excluding tert-OH is 5. The lowest BCUT2D eigenvalue weighted by molar-refractivity contribution is -0.220. The molecular formula is C35H53O13P. The van der Waals surface area contributed by atoms with Crippen molar-refractivity contribution in [3.63, 3.8) is 0 Å². The van der Waals surface area contributed by atoms with Crippen LogP contribution in [0.1, 0.15) is 65.2 Å². The van der Waals surface area contributed by atoms with Gasteiger partial charge >= 0.3 is 19.8 Å². The van der Waals surface area contributed by atoms with Gasteiger partial charge in [0, 0.05) is 12.8 Å². The van der Waals surface area contributed by atoms with Gasteiger partial charge in [0.05, 0.1) is 6.61 Å². The first-order valence-corrected chi connectivity index (χ1v) is 18.0. The van der Waals surface area contributed by atoms with Crippen molar-refractivity contribution in [2.75, 3.05) is 13.2 Å². The van der Waals surface area contributed by atoms with E-state index in [0.717, 1.165) is 19.3 Å². The Morgan fingerprint density at radius 1 is 0.653 bits per heavy atom. The number of aliphatic hydroxyl groups is 5. The molecule has 0 aromatic heterocycles. The zero-order valence-corrected chi connectivity index (χ0v) is 29.1. The summed E-state index contributed by atoms with van der Waals surface area (Å²) < 4.78 is 32.9. The number of allylic oxidation sites excluding steroid dienone is 14. The number of unbranched alkanes of at least 4 members (excludes halogenated alkanes) is 1. The van der Waals surface area contributed by atoms with Crippen LogP contribution in [-0.4, -0.2) is 98.3 Å². The van der Waals surface area contributed by atoms with Gasteiger partial charge in [-0.25, -0.2) is 4.57 Å². The number of rotatable bonds is 23. The van der Waals surface area contributed by atoms with Gasteiger partial charge in [0.15, 0.2) is 6.10 Å². The van der Waals surface area contributed by atoms with E-state index in [1.54, 1.807) is 0 Å². The molecule has 0 heterocycles. The summed E-state index contributed by atoms with van der Waals surface area (Å²) in [7, 11) is -5.14. The minimum Gasteiger partial charge on any atom is -0.462 e. The molecule has 0 radical (unpaired) electrons. The van der Waals surface area contributed by atoms with E-state index in [1.807, 2.05) is 92.0 Å². The van der Waals surface area contributed by atoms with E-state index in [0.29, 0.717) is 19.3 Å². The molecule has 0 spiro atoms. The Labute approximate surface area is 288 Å². The van der Waals surface area contributed by atoms with E-state index < -0.39 is 75.7 Å². The highest BCUT2D eigenvalue weighted by molar-refractivity contribution is 7.47. The second-order valence-corrected chi connectivity index (χ2v) is 12.4. The third-order valence-corrected chi connectivity index (χ3v) is 7.86. The molecule has 0 aliphatic heterocycles. The average molecular weight is 713 g/mol. The number of carbonyl (C=O) groups excluding carboxylic acids is 2. The van der Waals surface area contributed by atoms with E-state index in [1.165, 1.54) is 0 Å². The Hall–Kier alpha value is -2.97. The van der Waals surface area contributed by atoms with Crippen molar-refractivity contribution in [2.24, 2.45) is 0 Å². The van der Waals surface area contributed by atoms with Crippen molar-refractivity contribution < 1.29 is 63.1 Å². The van der Waals surface area contributed by atoms with E-state index in [2.05, 4.69) is 6.92 Å². The molecule has 0 saturated heterocycles. The van der Waals surface area contributed by atoms with Gasteiger partial charge in [-0.2, -0.15) is 0 Å². The normalized spacial score (nSPS) is 25.5. The van der Waals surface area contributed by atoms with Crippen LogP contribution in [0.2, 0.25) is 0 Å². The molecule has 14 heteroatoms. The summed E-state index contributed by atoms with van der Waals surface area (Å²) in [4.78, 5) is 35.1. The molecule has 1 fully saturated rings. The van der Waals surface area contributed by atoms with Crippen molar-refractivity contribution in [3.05, 3.63) is 85.1 Å². The molecule has 7 unspecified atom stereocenters. The summed E-state index contributed by atoms with van der Waals surface area (Å²) in [5.74, 6) is -1.29. The van der Waals surface area contributed by atoms with E-state index >= 15 is 0 Å². The molecule has 1 aliphatic rings. The maximum absolute atomic E-state index is 12.7. The second-order valence-electron chi connectivity index (χ2n) is 11.0. The van der Waals surface area contributed by atoms with Gasteiger partial charge in [-0.05, 0) is 38.5 Å². The van der Waals surface area contributed by atoms with Crippen molar-refractivity contribution in [1.29, 1.82) is 0 Å². The lowest BCUT2D eigenvalue weighted by atomic mass is 9.85. The Balaban J connectivity index is 2.71. The fraction of sp³-hybridized carbons (Fsp3) is 0.543. The smallest absolute Gasteiger partial charge is 0.462 e. The van der Waals surface area contributed by atoms with Crippen LogP contribution >= 0.6 is 7.82 Å². The molecule has 0 bridgehead atoms. The Morgan fingerprint density at radius 3 is 1.82 bits per heavy atom. The van der Waals surface area contributed by atoms with E-state index in [-0.39, 0.29) is 12.8 Å². The van der Waals surface area contributed by atoms with E-state index in [9.17, 15) is 44.6 Å². The summed E-state index contributed by atoms with van der Waals surface area (Å²) in [5, 5.41) is 49.7. The standard InChI is InChI=1S/C35H53O13P/c1-3-5-7-9-11-12-13-14-15-16-18-20-22-24-29(37)47-27(25-45-28(36)23-21-19-17-10-8-6-4-2)26-46-49(43,44)48-35-33(41)31(39)30(38)32(40)34(35)42/h5-9,11-19,27,30-35,38-42H,3-4,10,20-26H2,1-2H3,(H,43,44)/b7-5+,8-6+,11-9+,13-12+,15-14+,18-16+,19-17+/t27?,30?,31-,32?,33?,34?,35?/m1/s1. The Morgan fingerprint density at radius 2 is 1.20 bits per heavy atom. The third kappa shape index (κ3) is 19.7. The molecule has 1 aliphatic carbocycles. The number of hydrogen-bond donors (Lipinski definition) is 6. The number of phosphoric ester groups is 1. The predicted octanol–water partition coefficient (Wildman–Crippen LogP) is 3.82. The summed E-state index contributed by atoms with van der Waals surface area (Å²) in [6.07, 6.45) is 17.5. The zero-order valence-electron chi connectivity index (χ0n) is 28.2. The fourth-order valence-electron chi connectivity index (χ4n) is 4.20. The maximum Gasteiger partial charge on any atom is 0.472 e. The van der Waals surface area contributed by atoms with E-state index in [4.69, 9.17) is 18.5 Å². The second kappa shape index (κ2) is 25.9. The fourth-order valence-corrected chi connectivity index (χ4v) is 5.17. The predicted molar refractivity (Wildman–Crippen MR) is 184 cm³/mol. The lowest BCUT2D eigenvalue weighted by Crippen LogP contribution is -2.64. The van der Waals surface area contributed by atoms with Gasteiger partial charge in [-0.1, -0.05) is 98.9 Å². The van der Waals surface area contributed by atoms with Gasteiger partial charge in [-0.3, -0.25) is 18.6 Å². The molecule has 1 saturated carbocycles. The van der Waals surface area contributed by atoms with Gasteiger partial charge in [0.25, 0.3) is 0 Å². The molecule has 0 aromatic rings. The molecule has 1 rings (SSSR count). The first kappa shape index (κ1) is 44.1. The summed E-state index contributed by atoms with van der Waals surface area (Å²) in [6, 6.07) is 0. The Kier molecular flexibility index (Phi) is 23.3. The minimum atomic E-state index is -5.14. The molecule has 13 nitrogen and oxygen atoms in total. The van der Waals surface area contributed by atoms with Crippen LogP contribution in [-0.2, 0) is 32.7 Å². The van der Waals surface area contributed by atoms with Crippen LogP contribution in [0.4, 0.5) is 0 Å². The summed E-state index contributed by atoms with van der Waals surface area (Å²) in [6.45, 7) is 2.79. The number of carbonyl (C=O) groups is 2. The molecule has 49 heavy (non-hydrogen) atoms. The van der Waals surface area contributed by atoms with Crippen LogP contribution in [0, 0.1) is 0 Å². The molecule has 6 N–H and O–H groups in total. The molecule has 0 aromatic carbocycles. The SMILES string of the molecule is CC/C=C/C=C/C=C/C=C/C=C/CCCC(=O)OC(COC(=O)CC/C=C/C/C=C/CC)COP(=O)(O)OC1C(O)C(O)C(O)[C@@H](O)C1O. The van der Waals surface area contributed by atoms with Crippen molar-refractivity contribution >= 4 is 19.8 Å². The largest absolute Gasteiger partial charge is 0.472 e. The van der Waals surface area contributed by atoms with Crippen molar-refractivity contribution in [2.45, 2.75) is 108 Å². The molecular weight excluding hydrogens is 659 g/mol. The van der Waals surface area contributed by atoms with Crippen molar-refractivity contribution in [1.82, 2.24) is 0 Å². The van der Waals surface area contributed by atoms with Gasteiger partial charge < -0.3 is 39.9 Å². The highest BCUT2D eigenvalue weighted by atomic mass is 31.2. The van der Waals surface area contributed by atoms with Gasteiger partial charge in [0.2, 0.25) is 0 Å². The average Bonchev–Trinajstić information content (AvgIpc) is 3.07. The van der Waals surface area contributed by atoms with Crippen LogP contribution in [0.5, 0.6) is 0 Å². The highest BCUT2D eigenvalue weighted by Crippen LogP contribution is 2.47. The van der Waals surface area contributed by atoms with Crippen LogP contribution in [0.3, 0.4) is 0 Å². The first-order valence-electron chi connectivity index (χ1n) is 16.5. The first-order chi connectivity index (χ1) is 23.4. The summed E-state index contributed by atoms with van der Waals surface area (Å²) >= 11 is 0. The lowest BCUT2D eigenvalue weighted by Gasteiger charge is -2.41. The number of phosphoric acid groups is 1. The third-order valence-electron chi connectivity index (χ3n) is 6.87. The van der Waals surface area contributed by atoms with Crippen LogP contribution in [0.15, 0.2) is 85.1 Å². The number of hydrogen-bond acceptors (Lipinski definition) is 12. The minimum absolute atomic E-state index is 0.0163. The molecule has 8 atom stereocenters. The Bertz CT molecular complexity index is 1190. The quantitative estimate of drug-likeness (QED) is 0.0293.